The van der Waals surface area contributed by atoms with Gasteiger partial charge in [0, 0.05) is 5.88 Å². The second-order valence-corrected chi connectivity index (χ2v) is 8.34. The maximum Gasteiger partial charge on any atom is 0.153 e. The lowest BCUT2D eigenvalue weighted by Gasteiger charge is -1.97. The SMILES string of the molecule is [SiH3]N[SiH2]N[SiH2]CCCl. The van der Waals surface area contributed by atoms with E-state index in [2.05, 4.69) is 9.30 Å². The molecule has 6 heteroatoms. The molecule has 0 aromatic carbocycles. The standard InChI is InChI=1S/C2H13ClN2Si3/c3-1-2-7-5-8-4-6/h4-5H,1-2,7-8H2,6H3. The van der Waals surface area contributed by atoms with Gasteiger partial charge in [-0.2, -0.15) is 0 Å². The van der Waals surface area contributed by atoms with E-state index < -0.39 is 0 Å². The highest BCUT2D eigenvalue weighted by Crippen LogP contribution is 1.78. The first kappa shape index (κ1) is 8.86. The van der Waals surface area contributed by atoms with E-state index in [1.165, 1.54) is 6.04 Å². The molecule has 0 aliphatic heterocycles. The van der Waals surface area contributed by atoms with Crippen LogP contribution >= 0.6 is 11.6 Å². The van der Waals surface area contributed by atoms with Gasteiger partial charge in [-0.25, -0.2) is 0 Å². The van der Waals surface area contributed by atoms with Crippen LogP contribution in [0.15, 0.2) is 0 Å². The largest absolute Gasteiger partial charge is 0.360 e. The minimum atomic E-state index is -0.0338. The second-order valence-electron chi connectivity index (χ2n) is 1.57. The normalized spacial score (nSPS) is 13.1. The maximum absolute atomic E-state index is 5.48. The van der Waals surface area contributed by atoms with Crippen LogP contribution in [0.4, 0.5) is 0 Å². The zero-order valence-corrected chi connectivity index (χ0v) is 10.8. The van der Waals surface area contributed by atoms with Crippen molar-refractivity contribution in [2.24, 2.45) is 0 Å². The van der Waals surface area contributed by atoms with Crippen LogP contribution in [0.1, 0.15) is 0 Å². The van der Waals surface area contributed by atoms with Crippen molar-refractivity contribution < 1.29 is 0 Å². The molecule has 0 fully saturated rings. The molecule has 0 bridgehead atoms. The molecule has 0 aliphatic rings. The molecular weight excluding hydrogens is 172 g/mol. The molecule has 2 N–H and O–H groups in total. The highest BCUT2D eigenvalue weighted by atomic mass is 35.5. The molecular formula is C2H13ClN2Si3. The minimum Gasteiger partial charge on any atom is -0.360 e. The molecule has 0 aliphatic carbocycles. The van der Waals surface area contributed by atoms with Gasteiger partial charge in [0.1, 0.15) is 0 Å². The summed E-state index contributed by atoms with van der Waals surface area (Å²) >= 11 is 5.48. The van der Waals surface area contributed by atoms with Crippen molar-refractivity contribution in [2.75, 3.05) is 5.88 Å². The predicted molar refractivity (Wildman–Crippen MR) is 48.8 cm³/mol. The van der Waals surface area contributed by atoms with Crippen LogP contribution in [0.3, 0.4) is 0 Å². The van der Waals surface area contributed by atoms with Crippen molar-refractivity contribution in [3.63, 3.8) is 0 Å². The van der Waals surface area contributed by atoms with E-state index in [1.807, 2.05) is 0 Å². The molecule has 8 heavy (non-hydrogen) atoms. The average Bonchev–Trinajstić information content (AvgIpc) is 1.81. The Balaban J connectivity index is 2.53. The summed E-state index contributed by atoms with van der Waals surface area (Å²) in [6.45, 7) is 0. The van der Waals surface area contributed by atoms with Gasteiger partial charge in [-0.1, -0.05) is 0 Å². The summed E-state index contributed by atoms with van der Waals surface area (Å²) in [5.41, 5.74) is 0. The van der Waals surface area contributed by atoms with E-state index in [9.17, 15) is 0 Å². The van der Waals surface area contributed by atoms with Crippen molar-refractivity contribution in [3.8, 4) is 0 Å². The summed E-state index contributed by atoms with van der Waals surface area (Å²) < 4.78 is 6.74. The second kappa shape index (κ2) is 7.86. The van der Waals surface area contributed by atoms with Crippen LogP contribution in [0, 0.1) is 0 Å². The highest BCUT2D eigenvalue weighted by molar-refractivity contribution is 6.53. The third-order valence-corrected chi connectivity index (χ3v) is 6.04. The van der Waals surface area contributed by atoms with Crippen molar-refractivity contribution in [1.29, 1.82) is 0 Å². The smallest absolute Gasteiger partial charge is 0.153 e. The van der Waals surface area contributed by atoms with Gasteiger partial charge < -0.3 is 9.30 Å². The molecule has 0 atom stereocenters. The van der Waals surface area contributed by atoms with E-state index in [1.54, 1.807) is 0 Å². The third-order valence-electron chi connectivity index (χ3n) is 0.789. The van der Waals surface area contributed by atoms with Gasteiger partial charge in [-0.3, -0.25) is 0 Å². The Hall–Kier alpha value is 0.861. The molecule has 0 rings (SSSR count). The van der Waals surface area contributed by atoms with Gasteiger partial charge >= 0.3 is 0 Å². The zero-order chi connectivity index (χ0) is 6.24. The Morgan fingerprint density at radius 3 is 2.88 bits per heavy atom. The van der Waals surface area contributed by atoms with Crippen LogP contribution in [0.2, 0.25) is 6.04 Å². The summed E-state index contributed by atoms with van der Waals surface area (Å²) in [6.07, 6.45) is 0. The first-order valence-electron chi connectivity index (χ1n) is 2.83. The van der Waals surface area contributed by atoms with Crippen molar-refractivity contribution in [3.05, 3.63) is 0 Å². The summed E-state index contributed by atoms with van der Waals surface area (Å²) in [7, 11) is 1.15. The van der Waals surface area contributed by atoms with Crippen molar-refractivity contribution >= 4 is 41.5 Å². The number of hydrogen-bond donors (Lipinski definition) is 2. The van der Waals surface area contributed by atoms with Crippen LogP contribution in [-0.2, 0) is 0 Å². The Morgan fingerprint density at radius 1 is 1.62 bits per heavy atom. The molecule has 0 saturated heterocycles. The minimum absolute atomic E-state index is 0.0338. The molecule has 0 aromatic heterocycles. The fraction of sp³-hybridized carbons (Fsp3) is 1.00. The fourth-order valence-electron chi connectivity index (χ4n) is 0.405. The number of alkyl halides is 1. The Morgan fingerprint density at radius 2 is 2.38 bits per heavy atom. The number of rotatable bonds is 5. The Bertz CT molecular complexity index is 40.3. The topological polar surface area (TPSA) is 24.1 Å². The zero-order valence-electron chi connectivity index (χ0n) is 5.21. The summed E-state index contributed by atoms with van der Waals surface area (Å²) in [5.74, 6) is 0.842. The number of nitrogens with one attached hydrogen (secondary N) is 2. The van der Waals surface area contributed by atoms with Gasteiger partial charge in [-0.15, -0.1) is 11.6 Å². The number of halogens is 1. The van der Waals surface area contributed by atoms with Gasteiger partial charge in [0.2, 0.25) is 0 Å². The first-order chi connectivity index (χ1) is 3.91. The van der Waals surface area contributed by atoms with Crippen LogP contribution in [0.5, 0.6) is 0 Å². The molecule has 0 saturated carbocycles. The molecule has 0 unspecified atom stereocenters. The van der Waals surface area contributed by atoms with Gasteiger partial charge in [-0.05, 0) is 6.04 Å². The predicted octanol–water partition coefficient (Wildman–Crippen LogP) is -2.81. The first-order valence-corrected chi connectivity index (χ1v) is 7.48. The molecule has 0 radical (unpaired) electrons. The molecule has 2 nitrogen and oxygen atoms in total. The summed E-state index contributed by atoms with van der Waals surface area (Å²) in [6, 6.07) is 1.23. The average molecular weight is 185 g/mol. The lowest BCUT2D eigenvalue weighted by Crippen LogP contribution is -2.34. The molecule has 0 amide bonds. The third kappa shape index (κ3) is 6.86. The van der Waals surface area contributed by atoms with Crippen LogP contribution in [0.25, 0.3) is 0 Å². The Labute approximate surface area is 63.1 Å². The van der Waals surface area contributed by atoms with E-state index in [-0.39, 0.29) is 19.5 Å². The maximum atomic E-state index is 5.48. The summed E-state index contributed by atoms with van der Waals surface area (Å²) in [4.78, 5) is 0. The van der Waals surface area contributed by atoms with Crippen LogP contribution in [-0.4, -0.2) is 35.8 Å². The van der Waals surface area contributed by atoms with E-state index >= 15 is 0 Å². The van der Waals surface area contributed by atoms with Gasteiger partial charge in [0.05, 0.1) is 20.1 Å². The quantitative estimate of drug-likeness (QED) is 0.274. The van der Waals surface area contributed by atoms with Gasteiger partial charge in [0.15, 0.2) is 9.84 Å². The van der Waals surface area contributed by atoms with Crippen LogP contribution < -0.4 is 9.30 Å². The van der Waals surface area contributed by atoms with E-state index in [4.69, 9.17) is 11.6 Å². The molecule has 0 aromatic rings. The van der Waals surface area contributed by atoms with E-state index in [0.29, 0.717) is 0 Å². The molecule has 0 spiro atoms. The summed E-state index contributed by atoms with van der Waals surface area (Å²) in [5, 5.41) is 0. The fourth-order valence-corrected chi connectivity index (χ4v) is 5.90. The number of hydrogen-bond acceptors (Lipinski definition) is 2. The lowest BCUT2D eigenvalue weighted by molar-refractivity contribution is 1.36. The monoisotopic (exact) mass is 184 g/mol. The van der Waals surface area contributed by atoms with Crippen molar-refractivity contribution in [2.45, 2.75) is 6.04 Å². The molecule has 50 valence electrons. The van der Waals surface area contributed by atoms with Gasteiger partial charge in [0.25, 0.3) is 0 Å². The van der Waals surface area contributed by atoms with E-state index in [0.717, 1.165) is 16.3 Å². The molecule has 0 heterocycles. The van der Waals surface area contributed by atoms with Crippen molar-refractivity contribution in [1.82, 2.24) is 9.30 Å². The highest BCUT2D eigenvalue weighted by Gasteiger charge is 1.83. The lowest BCUT2D eigenvalue weighted by atomic mass is 11.0. The Kier molecular flexibility index (Phi) is 8.71.